The van der Waals surface area contributed by atoms with Crippen molar-refractivity contribution in [1.29, 1.82) is 0 Å². The van der Waals surface area contributed by atoms with Crippen molar-refractivity contribution in [2.45, 2.75) is 25.4 Å². The zero-order valence-corrected chi connectivity index (χ0v) is 15.6. The molecule has 0 saturated heterocycles. The van der Waals surface area contributed by atoms with Gasteiger partial charge in [0.15, 0.2) is 6.04 Å². The number of amides is 1. The van der Waals surface area contributed by atoms with Crippen molar-refractivity contribution in [3.8, 4) is 0 Å². The quantitative estimate of drug-likeness (QED) is 0.747. The molecule has 0 saturated carbocycles. The Morgan fingerprint density at radius 1 is 0.852 bits per heavy atom. The van der Waals surface area contributed by atoms with E-state index < -0.39 is 0 Å². The Bertz CT molecular complexity index is 868. The second-order valence-corrected chi connectivity index (χ2v) is 7.15. The number of carbonyl (C=O) groups excluding carboxylic acids is 1. The van der Waals surface area contributed by atoms with E-state index in [4.69, 9.17) is 0 Å². The van der Waals surface area contributed by atoms with E-state index in [1.807, 2.05) is 36.1 Å². The molecule has 2 N–H and O–H groups in total. The Hall–Kier alpha value is -2.91. The summed E-state index contributed by atoms with van der Waals surface area (Å²) in [7, 11) is 0. The molecule has 3 aromatic rings. The number of carbonyl (C=O) groups is 1. The first-order valence-corrected chi connectivity index (χ1v) is 9.58. The second-order valence-electron chi connectivity index (χ2n) is 7.15. The van der Waals surface area contributed by atoms with E-state index >= 15 is 0 Å². The van der Waals surface area contributed by atoms with E-state index in [2.05, 4.69) is 66.0 Å². The van der Waals surface area contributed by atoms with Crippen molar-refractivity contribution < 1.29 is 10.1 Å². The number of rotatable bonds is 5. The summed E-state index contributed by atoms with van der Waals surface area (Å²) in [5.74, 6) is 0.178. The summed E-state index contributed by atoms with van der Waals surface area (Å²) in [6.45, 7) is 2.79. The van der Waals surface area contributed by atoms with Gasteiger partial charge in [-0.05, 0) is 25.0 Å². The number of quaternary nitrogens is 1. The van der Waals surface area contributed by atoms with Gasteiger partial charge >= 0.3 is 0 Å². The third kappa shape index (κ3) is 3.64. The molecule has 4 rings (SSSR count). The van der Waals surface area contributed by atoms with Crippen LogP contribution in [0.2, 0.25) is 0 Å². The summed E-state index contributed by atoms with van der Waals surface area (Å²) in [5, 5.41) is 2.19. The fourth-order valence-corrected chi connectivity index (χ4v) is 3.92. The van der Waals surface area contributed by atoms with Crippen molar-refractivity contribution >= 4 is 11.6 Å². The molecule has 136 valence electrons. The SMILES string of the molecule is C[C@H]([NH2+]C(c1ccccc1)c1ccccc1)C(=O)N1CCc2ccccc21. The summed E-state index contributed by atoms with van der Waals surface area (Å²) in [4.78, 5) is 15.1. The predicted molar refractivity (Wildman–Crippen MR) is 109 cm³/mol. The average molecular weight is 357 g/mol. The highest BCUT2D eigenvalue weighted by molar-refractivity contribution is 5.97. The summed E-state index contributed by atoms with van der Waals surface area (Å²) < 4.78 is 0. The smallest absolute Gasteiger partial charge is 0.284 e. The van der Waals surface area contributed by atoms with Gasteiger partial charge in [0.25, 0.3) is 5.91 Å². The summed E-state index contributed by atoms with van der Waals surface area (Å²) in [6.07, 6.45) is 0.940. The van der Waals surface area contributed by atoms with Crippen LogP contribution >= 0.6 is 0 Å². The molecule has 1 aliphatic rings. The van der Waals surface area contributed by atoms with E-state index in [1.54, 1.807) is 0 Å². The zero-order chi connectivity index (χ0) is 18.6. The van der Waals surface area contributed by atoms with Crippen LogP contribution in [0, 0.1) is 0 Å². The average Bonchev–Trinajstić information content (AvgIpc) is 3.16. The van der Waals surface area contributed by atoms with Gasteiger partial charge in [-0.1, -0.05) is 78.9 Å². The molecule has 0 fully saturated rings. The van der Waals surface area contributed by atoms with Crippen molar-refractivity contribution in [2.75, 3.05) is 11.4 Å². The van der Waals surface area contributed by atoms with Gasteiger partial charge in [-0.3, -0.25) is 4.79 Å². The summed E-state index contributed by atoms with van der Waals surface area (Å²) in [6, 6.07) is 29.0. The van der Waals surface area contributed by atoms with Crippen LogP contribution in [0.5, 0.6) is 0 Å². The highest BCUT2D eigenvalue weighted by atomic mass is 16.2. The van der Waals surface area contributed by atoms with Crippen LogP contribution in [0.1, 0.15) is 29.7 Å². The van der Waals surface area contributed by atoms with Crippen molar-refractivity contribution in [1.82, 2.24) is 0 Å². The Morgan fingerprint density at radius 2 is 1.41 bits per heavy atom. The molecule has 1 atom stereocenters. The van der Waals surface area contributed by atoms with Gasteiger partial charge in [0.1, 0.15) is 6.04 Å². The van der Waals surface area contributed by atoms with E-state index in [1.165, 1.54) is 16.7 Å². The molecule has 27 heavy (non-hydrogen) atoms. The first-order chi connectivity index (χ1) is 13.2. The topological polar surface area (TPSA) is 36.9 Å². The molecule has 0 spiro atoms. The molecule has 0 radical (unpaired) electrons. The normalized spacial score (nSPS) is 14.2. The standard InChI is InChI=1S/C24H24N2O/c1-18(24(27)26-17-16-19-10-8-9-15-22(19)26)25-23(20-11-4-2-5-12-20)21-13-6-3-7-14-21/h2-15,18,23,25H,16-17H2,1H3/p+1/t18-/m0/s1. The third-order valence-electron chi connectivity index (χ3n) is 5.34. The van der Waals surface area contributed by atoms with E-state index in [0.717, 1.165) is 18.7 Å². The summed E-state index contributed by atoms with van der Waals surface area (Å²) in [5.41, 5.74) is 4.76. The minimum absolute atomic E-state index is 0.101. The van der Waals surface area contributed by atoms with Gasteiger partial charge in [-0.15, -0.1) is 0 Å². The van der Waals surface area contributed by atoms with Gasteiger partial charge in [0, 0.05) is 23.4 Å². The third-order valence-corrected chi connectivity index (χ3v) is 5.34. The number of nitrogens with two attached hydrogens (primary N) is 1. The van der Waals surface area contributed by atoms with Crippen LogP contribution in [-0.4, -0.2) is 18.5 Å². The Morgan fingerprint density at radius 3 is 2.04 bits per heavy atom. The number of hydrogen-bond donors (Lipinski definition) is 1. The fourth-order valence-electron chi connectivity index (χ4n) is 3.92. The molecule has 1 heterocycles. The molecular weight excluding hydrogens is 332 g/mol. The van der Waals surface area contributed by atoms with E-state index in [9.17, 15) is 4.79 Å². The lowest BCUT2D eigenvalue weighted by atomic mass is 9.98. The molecule has 3 aromatic carbocycles. The van der Waals surface area contributed by atoms with Crippen LogP contribution in [0.15, 0.2) is 84.9 Å². The maximum absolute atomic E-state index is 13.2. The first-order valence-electron chi connectivity index (χ1n) is 9.58. The maximum Gasteiger partial charge on any atom is 0.284 e. The van der Waals surface area contributed by atoms with Crippen LogP contribution in [0.3, 0.4) is 0 Å². The minimum Gasteiger partial charge on any atom is -0.326 e. The lowest BCUT2D eigenvalue weighted by Crippen LogP contribution is -2.92. The van der Waals surface area contributed by atoms with Gasteiger partial charge < -0.3 is 10.2 Å². The van der Waals surface area contributed by atoms with Crippen LogP contribution in [-0.2, 0) is 11.2 Å². The second kappa shape index (κ2) is 7.77. The number of hydrogen-bond acceptors (Lipinski definition) is 1. The van der Waals surface area contributed by atoms with Crippen molar-refractivity contribution in [3.05, 3.63) is 102 Å². The number of benzene rings is 3. The Balaban J connectivity index is 1.57. The number of fused-ring (bicyclic) bond motifs is 1. The summed E-state index contributed by atoms with van der Waals surface area (Å²) >= 11 is 0. The lowest BCUT2D eigenvalue weighted by molar-refractivity contribution is -0.704. The van der Waals surface area contributed by atoms with Crippen LogP contribution < -0.4 is 10.2 Å². The lowest BCUT2D eigenvalue weighted by Gasteiger charge is -2.24. The van der Waals surface area contributed by atoms with Gasteiger partial charge in [0.05, 0.1) is 0 Å². The number of anilines is 1. The molecule has 1 amide bonds. The van der Waals surface area contributed by atoms with Crippen LogP contribution in [0.4, 0.5) is 5.69 Å². The molecule has 3 heteroatoms. The van der Waals surface area contributed by atoms with Gasteiger partial charge in [0.2, 0.25) is 0 Å². The largest absolute Gasteiger partial charge is 0.326 e. The van der Waals surface area contributed by atoms with Gasteiger partial charge in [-0.25, -0.2) is 0 Å². The molecule has 0 bridgehead atoms. The molecule has 3 nitrogen and oxygen atoms in total. The molecule has 0 aromatic heterocycles. The Kier molecular flexibility index (Phi) is 5.03. The van der Waals surface area contributed by atoms with Crippen molar-refractivity contribution in [2.24, 2.45) is 0 Å². The van der Waals surface area contributed by atoms with Crippen LogP contribution in [0.25, 0.3) is 0 Å². The molecule has 0 aliphatic carbocycles. The molecule has 1 aliphatic heterocycles. The fraction of sp³-hybridized carbons (Fsp3) is 0.208. The van der Waals surface area contributed by atoms with Gasteiger partial charge in [-0.2, -0.15) is 0 Å². The highest BCUT2D eigenvalue weighted by Crippen LogP contribution is 2.27. The molecular formula is C24H25N2O+. The maximum atomic E-state index is 13.2. The monoisotopic (exact) mass is 357 g/mol. The first kappa shape index (κ1) is 17.5. The van der Waals surface area contributed by atoms with Crippen molar-refractivity contribution in [3.63, 3.8) is 0 Å². The van der Waals surface area contributed by atoms with E-state index in [-0.39, 0.29) is 18.0 Å². The Labute approximate surface area is 160 Å². The predicted octanol–water partition coefficient (Wildman–Crippen LogP) is 3.32. The van der Waals surface area contributed by atoms with E-state index in [0.29, 0.717) is 0 Å². The highest BCUT2D eigenvalue weighted by Gasteiger charge is 2.32. The molecule has 0 unspecified atom stereocenters. The minimum atomic E-state index is -0.165. The zero-order valence-electron chi connectivity index (χ0n) is 15.6. The number of para-hydroxylation sites is 1. The number of nitrogens with zero attached hydrogens (tertiary/aromatic N) is 1.